The lowest BCUT2D eigenvalue weighted by Crippen LogP contribution is -2.50. The van der Waals surface area contributed by atoms with E-state index < -0.39 is 28.6 Å². The Morgan fingerprint density at radius 1 is 0.971 bits per heavy atom. The molecule has 0 aliphatic carbocycles. The molecule has 0 spiro atoms. The molecule has 34 heavy (non-hydrogen) atoms. The zero-order valence-corrected chi connectivity index (χ0v) is 21.5. The van der Waals surface area contributed by atoms with Gasteiger partial charge in [0.1, 0.15) is 6.04 Å². The molecule has 0 bridgehead atoms. The first-order valence-corrected chi connectivity index (χ1v) is 14.2. The van der Waals surface area contributed by atoms with Crippen LogP contribution in [0.15, 0.2) is 59.5 Å². The van der Waals surface area contributed by atoms with Crippen molar-refractivity contribution in [2.45, 2.75) is 37.0 Å². The second-order valence-corrected chi connectivity index (χ2v) is 11.6. The van der Waals surface area contributed by atoms with Crippen molar-refractivity contribution in [1.29, 1.82) is 0 Å². The molecule has 0 aliphatic rings. The number of nitrogens with zero attached hydrogens (tertiary/aromatic N) is 1. The molecule has 0 aromatic heterocycles. The summed E-state index contributed by atoms with van der Waals surface area (Å²) in [6.45, 7) is 6.98. The van der Waals surface area contributed by atoms with Gasteiger partial charge in [-0.15, -0.1) is 0 Å². The third kappa shape index (κ3) is 9.67. The van der Waals surface area contributed by atoms with Crippen LogP contribution in [0.5, 0.6) is 0 Å². The van der Waals surface area contributed by atoms with E-state index in [4.69, 9.17) is 0 Å². The third-order valence-corrected chi connectivity index (χ3v) is 7.85. The van der Waals surface area contributed by atoms with Crippen molar-refractivity contribution in [2.24, 2.45) is 0 Å². The monoisotopic (exact) mass is 522 g/mol. The Balaban J connectivity index is 0.00000104. The first-order chi connectivity index (χ1) is 15.7. The van der Waals surface area contributed by atoms with Crippen LogP contribution < -0.4 is 4.72 Å². The smallest absolute Gasteiger partial charge is 0.418 e. The molecule has 1 amide bonds. The average Bonchev–Trinajstić information content (AvgIpc) is 2.73. The highest BCUT2D eigenvalue weighted by molar-refractivity contribution is 7.97. The van der Waals surface area contributed by atoms with Gasteiger partial charge in [-0.3, -0.25) is 4.79 Å². The zero-order valence-electron chi connectivity index (χ0n) is 19.8. The first kappa shape index (κ1) is 30.0. The summed E-state index contributed by atoms with van der Waals surface area (Å²) in [6.07, 6.45) is 3.98. The Morgan fingerprint density at radius 3 is 1.85 bits per heavy atom. The standard InChI is InChI=1S/C22H31N2O3S2.BF4/c1-6-24(7-2)22(25)21(28(4)5)20(18-11-9-8-10-12-18)23-29(26,27)19-15-13-17(3)14-16-19;2-1(3,4)5/h8-16,20-21,23H,6-7H2,1-5H3;/q+1;-1/t20-,21+;/m1./s1. The lowest BCUT2D eigenvalue weighted by molar-refractivity contribution is -0.130. The van der Waals surface area contributed by atoms with Gasteiger partial charge in [-0.2, -0.15) is 4.72 Å². The average molecular weight is 522 g/mol. The molecule has 1 N–H and O–H groups in total. The number of nitrogens with one attached hydrogen (secondary N) is 1. The Hall–Kier alpha value is -2.05. The maximum atomic E-state index is 13.3. The summed E-state index contributed by atoms with van der Waals surface area (Å²) in [5.74, 6) is -0.0243. The Kier molecular flexibility index (Phi) is 11.6. The number of amides is 1. The predicted octanol–water partition coefficient (Wildman–Crippen LogP) is 4.43. The fourth-order valence-electron chi connectivity index (χ4n) is 3.25. The van der Waals surface area contributed by atoms with Gasteiger partial charge in [-0.1, -0.05) is 48.0 Å². The molecular weight excluding hydrogens is 491 g/mol. The molecule has 0 unspecified atom stereocenters. The zero-order chi connectivity index (χ0) is 26.1. The van der Waals surface area contributed by atoms with E-state index >= 15 is 0 Å². The minimum Gasteiger partial charge on any atom is -0.418 e. The van der Waals surface area contributed by atoms with Gasteiger partial charge in [0.15, 0.2) is 0 Å². The number of hydrogen-bond donors (Lipinski definition) is 1. The number of sulfonamides is 1. The summed E-state index contributed by atoms with van der Waals surface area (Å²) in [4.78, 5) is 15.3. The van der Waals surface area contributed by atoms with Crippen molar-refractivity contribution in [2.75, 3.05) is 25.6 Å². The Labute approximate surface area is 202 Å². The van der Waals surface area contributed by atoms with Gasteiger partial charge in [-0.05, 0) is 49.4 Å². The fraction of sp³-hybridized carbons (Fsp3) is 0.409. The Morgan fingerprint density at radius 2 is 1.44 bits per heavy atom. The lowest BCUT2D eigenvalue weighted by atomic mass is 10.0. The van der Waals surface area contributed by atoms with Crippen molar-refractivity contribution < 1.29 is 30.5 Å². The molecule has 2 aromatic rings. The number of benzene rings is 2. The van der Waals surface area contributed by atoms with Crippen LogP contribution in [0.1, 0.15) is 31.0 Å². The molecule has 2 atom stereocenters. The molecule has 0 heterocycles. The quantitative estimate of drug-likeness (QED) is 0.301. The minimum absolute atomic E-state index is 0.0243. The molecule has 0 aliphatic heterocycles. The van der Waals surface area contributed by atoms with E-state index in [0.717, 1.165) is 11.1 Å². The van der Waals surface area contributed by atoms with Gasteiger partial charge in [-0.25, -0.2) is 8.42 Å². The molecule has 0 saturated heterocycles. The molecule has 2 rings (SSSR count). The first-order valence-electron chi connectivity index (χ1n) is 10.6. The van der Waals surface area contributed by atoms with Gasteiger partial charge >= 0.3 is 7.25 Å². The summed E-state index contributed by atoms with van der Waals surface area (Å²) < 4.78 is 68.1. The molecule has 190 valence electrons. The van der Waals surface area contributed by atoms with Gasteiger partial charge < -0.3 is 22.2 Å². The summed E-state index contributed by atoms with van der Waals surface area (Å²) in [7, 11) is -10.1. The van der Waals surface area contributed by atoms with Crippen molar-refractivity contribution in [3.8, 4) is 0 Å². The summed E-state index contributed by atoms with van der Waals surface area (Å²) in [5, 5.41) is -0.488. The summed E-state index contributed by atoms with van der Waals surface area (Å²) >= 11 is 0. The normalized spacial score (nSPS) is 13.6. The molecule has 0 saturated carbocycles. The molecule has 0 fully saturated rings. The van der Waals surface area contributed by atoms with E-state index in [2.05, 4.69) is 4.72 Å². The van der Waals surface area contributed by atoms with Crippen molar-refractivity contribution in [3.05, 3.63) is 65.7 Å². The van der Waals surface area contributed by atoms with Crippen LogP contribution in [0, 0.1) is 6.92 Å². The van der Waals surface area contributed by atoms with E-state index in [-0.39, 0.29) is 21.7 Å². The van der Waals surface area contributed by atoms with Crippen LogP contribution in [-0.4, -0.2) is 57.3 Å². The minimum atomic E-state index is -6.00. The molecular formula is C22H31BF4N2O3S2. The third-order valence-electron chi connectivity index (χ3n) is 4.90. The van der Waals surface area contributed by atoms with Crippen molar-refractivity contribution in [1.82, 2.24) is 9.62 Å². The number of hydrogen-bond acceptors (Lipinski definition) is 3. The highest BCUT2D eigenvalue weighted by Gasteiger charge is 2.43. The predicted molar refractivity (Wildman–Crippen MR) is 132 cm³/mol. The van der Waals surface area contributed by atoms with E-state index in [1.54, 1.807) is 29.2 Å². The molecule has 5 nitrogen and oxygen atoms in total. The second-order valence-electron chi connectivity index (χ2n) is 7.63. The summed E-state index contributed by atoms with van der Waals surface area (Å²) in [6, 6.07) is 15.5. The van der Waals surface area contributed by atoms with Gasteiger partial charge in [0.25, 0.3) is 5.91 Å². The largest absolute Gasteiger partial charge is 0.673 e. The van der Waals surface area contributed by atoms with E-state index in [1.807, 2.05) is 63.6 Å². The van der Waals surface area contributed by atoms with E-state index in [0.29, 0.717) is 13.1 Å². The maximum Gasteiger partial charge on any atom is 0.673 e. The van der Waals surface area contributed by atoms with Crippen LogP contribution in [-0.2, 0) is 25.7 Å². The van der Waals surface area contributed by atoms with Crippen LogP contribution >= 0.6 is 0 Å². The van der Waals surface area contributed by atoms with E-state index in [9.17, 15) is 30.5 Å². The van der Waals surface area contributed by atoms with Gasteiger partial charge in [0, 0.05) is 13.1 Å². The van der Waals surface area contributed by atoms with Gasteiger partial charge in [0.2, 0.25) is 15.3 Å². The van der Waals surface area contributed by atoms with Crippen LogP contribution in [0.4, 0.5) is 17.3 Å². The molecule has 0 radical (unpaired) electrons. The van der Waals surface area contributed by atoms with Crippen molar-refractivity contribution >= 4 is 34.1 Å². The number of rotatable bonds is 9. The van der Waals surface area contributed by atoms with Crippen LogP contribution in [0.2, 0.25) is 0 Å². The highest BCUT2D eigenvalue weighted by Crippen LogP contribution is 2.27. The molecule has 2 aromatic carbocycles. The number of carbonyl (C=O) groups excluding carboxylic acids is 1. The SMILES string of the molecule is CCN(CC)C(=O)[C@H]([C@H](NS(=O)(=O)c1ccc(C)cc1)c1ccccc1)[S+](C)C.F[B-](F)(F)F. The topological polar surface area (TPSA) is 66.5 Å². The molecule has 12 heteroatoms. The van der Waals surface area contributed by atoms with Crippen LogP contribution in [0.25, 0.3) is 0 Å². The van der Waals surface area contributed by atoms with Gasteiger partial charge in [0.05, 0.1) is 17.4 Å². The second kappa shape index (κ2) is 13.2. The number of aryl methyl sites for hydroxylation is 1. The van der Waals surface area contributed by atoms with Crippen LogP contribution in [0.3, 0.4) is 0 Å². The number of halogens is 4. The lowest BCUT2D eigenvalue weighted by Gasteiger charge is -2.29. The maximum absolute atomic E-state index is 13.3. The number of carbonyl (C=O) groups is 1. The van der Waals surface area contributed by atoms with Crippen molar-refractivity contribution in [3.63, 3.8) is 0 Å². The fourth-order valence-corrected chi connectivity index (χ4v) is 5.89. The summed E-state index contributed by atoms with van der Waals surface area (Å²) in [5.41, 5.74) is 1.77. The van der Waals surface area contributed by atoms with E-state index in [1.165, 1.54) is 0 Å². The Bertz CT molecular complexity index is 995. The highest BCUT2D eigenvalue weighted by atomic mass is 32.2.